The third-order valence-electron chi connectivity index (χ3n) is 4.85. The van der Waals surface area contributed by atoms with Crippen molar-refractivity contribution in [2.75, 3.05) is 5.75 Å². The standard InChI is InChI=1S/C17H23N3O2S/c1-12(2)19-16(23-11-17(19)8-4-5-9-17)18-15-7-6-14(20(21)22)10-13(15)3/h6-7,10,12H,4-5,8-9,11H2,1-3H3. The molecule has 23 heavy (non-hydrogen) atoms. The Labute approximate surface area is 141 Å². The van der Waals surface area contributed by atoms with Crippen molar-refractivity contribution >= 4 is 28.3 Å². The summed E-state index contributed by atoms with van der Waals surface area (Å²) in [7, 11) is 0. The van der Waals surface area contributed by atoms with Crippen molar-refractivity contribution < 1.29 is 4.92 Å². The van der Waals surface area contributed by atoms with Gasteiger partial charge in [-0.3, -0.25) is 10.1 Å². The molecule has 1 saturated heterocycles. The van der Waals surface area contributed by atoms with Crippen LogP contribution in [0.25, 0.3) is 0 Å². The lowest BCUT2D eigenvalue weighted by atomic mass is 9.97. The van der Waals surface area contributed by atoms with Gasteiger partial charge in [0.2, 0.25) is 0 Å². The first-order valence-electron chi connectivity index (χ1n) is 8.19. The number of hydrogen-bond acceptors (Lipinski definition) is 4. The second-order valence-corrected chi connectivity index (χ2v) is 7.75. The average molecular weight is 333 g/mol. The third kappa shape index (κ3) is 2.96. The molecule has 0 unspecified atom stereocenters. The Bertz CT molecular complexity index is 651. The van der Waals surface area contributed by atoms with Crippen LogP contribution in [0.3, 0.4) is 0 Å². The lowest BCUT2D eigenvalue weighted by Crippen LogP contribution is -2.49. The van der Waals surface area contributed by atoms with Gasteiger partial charge in [0.15, 0.2) is 5.17 Å². The van der Waals surface area contributed by atoms with Gasteiger partial charge in [-0.1, -0.05) is 24.6 Å². The molecule has 3 rings (SSSR count). The van der Waals surface area contributed by atoms with Crippen LogP contribution in [0.2, 0.25) is 0 Å². The fourth-order valence-electron chi connectivity index (χ4n) is 3.80. The summed E-state index contributed by atoms with van der Waals surface area (Å²) in [5.74, 6) is 1.11. The molecule has 2 fully saturated rings. The van der Waals surface area contributed by atoms with E-state index in [1.807, 2.05) is 18.7 Å². The van der Waals surface area contributed by atoms with E-state index >= 15 is 0 Å². The van der Waals surface area contributed by atoms with Crippen molar-refractivity contribution in [3.63, 3.8) is 0 Å². The Morgan fingerprint density at radius 2 is 2.04 bits per heavy atom. The summed E-state index contributed by atoms with van der Waals surface area (Å²) < 4.78 is 0. The van der Waals surface area contributed by atoms with E-state index in [9.17, 15) is 10.1 Å². The van der Waals surface area contributed by atoms with Crippen LogP contribution in [0.15, 0.2) is 23.2 Å². The SMILES string of the molecule is Cc1cc([N+](=O)[O-])ccc1N=C1SCC2(CCCC2)N1C(C)C. The van der Waals surface area contributed by atoms with Crippen molar-refractivity contribution in [3.8, 4) is 0 Å². The number of non-ortho nitro benzene ring substituents is 1. The Morgan fingerprint density at radius 1 is 1.35 bits per heavy atom. The summed E-state index contributed by atoms with van der Waals surface area (Å²) in [5, 5.41) is 11.9. The van der Waals surface area contributed by atoms with Crippen molar-refractivity contribution in [2.45, 2.75) is 58.0 Å². The zero-order valence-corrected chi connectivity index (χ0v) is 14.7. The van der Waals surface area contributed by atoms with Crippen molar-refractivity contribution in [2.24, 2.45) is 4.99 Å². The van der Waals surface area contributed by atoms with Crippen LogP contribution in [0.5, 0.6) is 0 Å². The molecule has 124 valence electrons. The number of nitrogens with zero attached hydrogens (tertiary/aromatic N) is 3. The van der Waals surface area contributed by atoms with E-state index in [2.05, 4.69) is 18.7 Å². The number of amidine groups is 1. The fourth-order valence-corrected chi connectivity index (χ4v) is 5.33. The number of nitro groups is 1. The summed E-state index contributed by atoms with van der Waals surface area (Å²) in [5.41, 5.74) is 2.08. The van der Waals surface area contributed by atoms with E-state index in [1.165, 1.54) is 31.7 Å². The zero-order valence-electron chi connectivity index (χ0n) is 13.9. The molecule has 0 amide bonds. The van der Waals surface area contributed by atoms with Crippen molar-refractivity contribution in [3.05, 3.63) is 33.9 Å². The summed E-state index contributed by atoms with van der Waals surface area (Å²) in [6.45, 7) is 6.34. The molecule has 1 heterocycles. The lowest BCUT2D eigenvalue weighted by molar-refractivity contribution is -0.384. The first kappa shape index (κ1) is 16.3. The summed E-state index contributed by atoms with van der Waals surface area (Å²) in [4.78, 5) is 17.9. The van der Waals surface area contributed by atoms with E-state index < -0.39 is 0 Å². The molecule has 0 atom stereocenters. The smallest absolute Gasteiger partial charge is 0.269 e. The van der Waals surface area contributed by atoms with Crippen LogP contribution < -0.4 is 0 Å². The van der Waals surface area contributed by atoms with Gasteiger partial charge in [-0.15, -0.1) is 0 Å². The number of hydrogen-bond donors (Lipinski definition) is 0. The molecular weight excluding hydrogens is 310 g/mol. The number of rotatable bonds is 3. The Hall–Kier alpha value is -1.56. The highest BCUT2D eigenvalue weighted by atomic mass is 32.2. The molecule has 1 aromatic carbocycles. The molecule has 0 radical (unpaired) electrons. The highest BCUT2D eigenvalue weighted by Gasteiger charge is 2.47. The predicted molar refractivity (Wildman–Crippen MR) is 95.6 cm³/mol. The maximum atomic E-state index is 10.9. The maximum Gasteiger partial charge on any atom is 0.269 e. The molecule has 6 heteroatoms. The van der Waals surface area contributed by atoms with E-state index in [1.54, 1.807) is 12.1 Å². The van der Waals surface area contributed by atoms with Crippen molar-refractivity contribution in [1.82, 2.24) is 4.90 Å². The monoisotopic (exact) mass is 333 g/mol. The molecule has 5 nitrogen and oxygen atoms in total. The fraction of sp³-hybridized carbons (Fsp3) is 0.588. The molecule has 1 aliphatic heterocycles. The Kier molecular flexibility index (Phi) is 4.36. The Balaban J connectivity index is 1.94. The Morgan fingerprint density at radius 3 is 2.61 bits per heavy atom. The van der Waals surface area contributed by atoms with E-state index in [0.29, 0.717) is 6.04 Å². The van der Waals surface area contributed by atoms with Gasteiger partial charge >= 0.3 is 0 Å². The highest BCUT2D eigenvalue weighted by molar-refractivity contribution is 8.14. The number of nitro benzene ring substituents is 1. The molecule has 1 aliphatic carbocycles. The van der Waals surface area contributed by atoms with Crippen LogP contribution in [-0.4, -0.2) is 32.3 Å². The van der Waals surface area contributed by atoms with E-state index in [4.69, 9.17) is 4.99 Å². The molecule has 2 aliphatic rings. The minimum atomic E-state index is -0.359. The summed E-state index contributed by atoms with van der Waals surface area (Å²) >= 11 is 1.83. The number of thioether (sulfide) groups is 1. The first-order chi connectivity index (χ1) is 10.9. The molecule has 0 N–H and O–H groups in total. The van der Waals surface area contributed by atoms with Crippen LogP contribution >= 0.6 is 11.8 Å². The van der Waals surface area contributed by atoms with E-state index in [0.717, 1.165) is 22.2 Å². The highest BCUT2D eigenvalue weighted by Crippen LogP contribution is 2.46. The van der Waals surface area contributed by atoms with Gasteiger partial charge in [0.05, 0.1) is 16.1 Å². The average Bonchev–Trinajstić information content (AvgIpc) is 3.09. The molecule has 1 spiro atoms. The van der Waals surface area contributed by atoms with Gasteiger partial charge in [-0.25, -0.2) is 4.99 Å². The third-order valence-corrected chi connectivity index (χ3v) is 6.07. The van der Waals surface area contributed by atoms with Gasteiger partial charge in [0.25, 0.3) is 5.69 Å². The maximum absolute atomic E-state index is 10.9. The van der Waals surface area contributed by atoms with Gasteiger partial charge in [0.1, 0.15) is 0 Å². The lowest BCUT2D eigenvalue weighted by Gasteiger charge is -2.38. The second kappa shape index (κ2) is 6.15. The van der Waals surface area contributed by atoms with Gasteiger partial charge in [-0.05, 0) is 45.2 Å². The second-order valence-electron chi connectivity index (χ2n) is 6.81. The van der Waals surface area contributed by atoms with Crippen LogP contribution in [-0.2, 0) is 0 Å². The number of benzene rings is 1. The zero-order chi connectivity index (χ0) is 16.6. The summed E-state index contributed by atoms with van der Waals surface area (Å²) in [6.07, 6.45) is 5.09. The largest absolute Gasteiger partial charge is 0.342 e. The predicted octanol–water partition coefficient (Wildman–Crippen LogP) is 4.66. The van der Waals surface area contributed by atoms with Crippen molar-refractivity contribution in [1.29, 1.82) is 0 Å². The summed E-state index contributed by atoms with van der Waals surface area (Å²) in [6, 6.07) is 5.32. The van der Waals surface area contributed by atoms with Gasteiger partial charge in [0, 0.05) is 23.9 Å². The molecular formula is C17H23N3O2S. The molecule has 0 aromatic heterocycles. The van der Waals surface area contributed by atoms with Crippen LogP contribution in [0.1, 0.15) is 45.1 Å². The minimum Gasteiger partial charge on any atom is -0.342 e. The van der Waals surface area contributed by atoms with E-state index in [-0.39, 0.29) is 16.1 Å². The normalized spacial score (nSPS) is 21.7. The number of aliphatic imine (C=N–C) groups is 1. The van der Waals surface area contributed by atoms with Gasteiger partial charge in [-0.2, -0.15) is 0 Å². The number of aryl methyl sites for hydroxylation is 1. The first-order valence-corrected chi connectivity index (χ1v) is 9.17. The molecule has 1 aromatic rings. The van der Waals surface area contributed by atoms with Gasteiger partial charge < -0.3 is 4.90 Å². The van der Waals surface area contributed by atoms with Crippen LogP contribution in [0.4, 0.5) is 11.4 Å². The minimum absolute atomic E-state index is 0.124. The molecule has 0 bridgehead atoms. The molecule has 1 saturated carbocycles. The van der Waals surface area contributed by atoms with Crippen LogP contribution in [0, 0.1) is 17.0 Å². The topological polar surface area (TPSA) is 58.7 Å². The quantitative estimate of drug-likeness (QED) is 0.596.